The summed E-state index contributed by atoms with van der Waals surface area (Å²) in [6, 6.07) is 2.03. The molecule has 26 heavy (non-hydrogen) atoms. The second kappa shape index (κ2) is 10.4. The van der Waals surface area contributed by atoms with Crippen LogP contribution in [-0.2, 0) is 16.1 Å². The first kappa shape index (κ1) is 22.3. The van der Waals surface area contributed by atoms with Gasteiger partial charge in [0.05, 0.1) is 0 Å². The molecule has 0 atom stereocenters. The van der Waals surface area contributed by atoms with Crippen LogP contribution in [0.4, 0.5) is 5.82 Å². The summed E-state index contributed by atoms with van der Waals surface area (Å²) in [5.41, 5.74) is 2.05. The van der Waals surface area contributed by atoms with Gasteiger partial charge in [0.25, 0.3) is 0 Å². The predicted octanol–water partition coefficient (Wildman–Crippen LogP) is 2.72. The first-order chi connectivity index (χ1) is 12.2. The molecule has 1 aliphatic heterocycles. The molecule has 0 aromatic carbocycles. The smallest absolute Gasteiger partial charge is 0.231 e. The van der Waals surface area contributed by atoms with Gasteiger partial charge in [-0.25, -0.2) is 4.98 Å². The Morgan fingerprint density at radius 2 is 1.88 bits per heavy atom. The Morgan fingerprint density at radius 1 is 1.31 bits per heavy atom. The highest BCUT2D eigenvalue weighted by atomic mass is 16.2. The van der Waals surface area contributed by atoms with E-state index in [0.717, 1.165) is 45.4 Å². The molecule has 1 aromatic rings. The van der Waals surface area contributed by atoms with Crippen molar-refractivity contribution in [2.75, 3.05) is 38.5 Å². The Labute approximate surface area is 158 Å². The zero-order valence-electron chi connectivity index (χ0n) is 17.1. The average Bonchev–Trinajstić information content (AvgIpc) is 2.60. The lowest BCUT2D eigenvalue weighted by Crippen LogP contribution is -2.44. The van der Waals surface area contributed by atoms with E-state index in [4.69, 9.17) is 4.79 Å². The van der Waals surface area contributed by atoms with Gasteiger partial charge in [0.1, 0.15) is 12.1 Å². The Balaban J connectivity index is 0.00000105. The summed E-state index contributed by atoms with van der Waals surface area (Å²) >= 11 is 0. The number of aryl methyl sites for hydroxylation is 1. The van der Waals surface area contributed by atoms with Crippen molar-refractivity contribution in [2.24, 2.45) is 5.41 Å². The normalized spacial score (nSPS) is 15.8. The van der Waals surface area contributed by atoms with Gasteiger partial charge in [0.15, 0.2) is 0 Å². The molecule has 6 heteroatoms. The highest BCUT2D eigenvalue weighted by Crippen LogP contribution is 2.23. The number of anilines is 1. The topological polar surface area (TPSA) is 65.5 Å². The highest BCUT2D eigenvalue weighted by Gasteiger charge is 2.25. The largest absolute Gasteiger partial charge is 0.310 e. The molecule has 1 amide bonds. The van der Waals surface area contributed by atoms with Crippen molar-refractivity contribution in [3.63, 3.8) is 0 Å². The van der Waals surface area contributed by atoms with Gasteiger partial charge >= 0.3 is 0 Å². The quantitative estimate of drug-likeness (QED) is 0.816. The number of rotatable bonds is 5. The maximum atomic E-state index is 12.3. The minimum absolute atomic E-state index is 0.0295. The molecule has 1 N–H and O–H groups in total. The molecule has 0 saturated carbocycles. The van der Waals surface area contributed by atoms with Gasteiger partial charge < -0.3 is 15.0 Å². The maximum absolute atomic E-state index is 12.3. The molecule has 0 aliphatic carbocycles. The van der Waals surface area contributed by atoms with Gasteiger partial charge in [-0.05, 0) is 44.5 Å². The molecular formula is C20H34N4O2. The predicted molar refractivity (Wildman–Crippen MR) is 106 cm³/mol. The lowest BCUT2D eigenvalue weighted by molar-refractivity contribution is -0.124. The number of aldehydes is 1. The molecule has 1 aliphatic rings. The number of carbonyl (C=O) groups excluding carboxylic acids is 2. The van der Waals surface area contributed by atoms with Gasteiger partial charge in [-0.3, -0.25) is 9.69 Å². The number of pyridine rings is 1. The Kier molecular flexibility index (Phi) is 8.88. The van der Waals surface area contributed by atoms with E-state index in [1.54, 1.807) is 0 Å². The monoisotopic (exact) mass is 362 g/mol. The highest BCUT2D eigenvalue weighted by molar-refractivity contribution is 5.94. The van der Waals surface area contributed by atoms with Gasteiger partial charge in [0, 0.05) is 44.3 Å². The number of hydrogen-bond donors (Lipinski definition) is 1. The van der Waals surface area contributed by atoms with E-state index in [2.05, 4.69) is 34.1 Å². The van der Waals surface area contributed by atoms with Crippen molar-refractivity contribution >= 4 is 18.0 Å². The first-order valence-corrected chi connectivity index (χ1v) is 9.31. The van der Waals surface area contributed by atoms with E-state index < -0.39 is 0 Å². The summed E-state index contributed by atoms with van der Waals surface area (Å²) in [4.78, 5) is 30.3. The molecule has 2 heterocycles. The van der Waals surface area contributed by atoms with Gasteiger partial charge in [0.2, 0.25) is 5.91 Å². The molecule has 6 nitrogen and oxygen atoms in total. The summed E-state index contributed by atoms with van der Waals surface area (Å²) < 4.78 is 0. The van der Waals surface area contributed by atoms with Crippen LogP contribution < -0.4 is 5.32 Å². The van der Waals surface area contributed by atoms with Crippen molar-refractivity contribution in [3.05, 3.63) is 23.4 Å². The number of aromatic nitrogens is 1. The third kappa shape index (κ3) is 6.84. The van der Waals surface area contributed by atoms with E-state index in [-0.39, 0.29) is 11.3 Å². The Hall–Kier alpha value is -1.79. The van der Waals surface area contributed by atoms with Gasteiger partial charge in [-0.15, -0.1) is 0 Å². The first-order valence-electron chi connectivity index (χ1n) is 9.31. The van der Waals surface area contributed by atoms with E-state index in [9.17, 15) is 4.79 Å². The molecule has 0 bridgehead atoms. The zero-order chi connectivity index (χ0) is 19.7. The van der Waals surface area contributed by atoms with Crippen LogP contribution in [0.2, 0.25) is 0 Å². The summed E-state index contributed by atoms with van der Waals surface area (Å²) in [5, 5.41) is 2.97. The number of carbonyl (C=O) groups is 2. The van der Waals surface area contributed by atoms with E-state index in [1.807, 2.05) is 33.0 Å². The number of piperazine rings is 1. The van der Waals surface area contributed by atoms with Crippen LogP contribution in [0, 0.1) is 12.3 Å². The van der Waals surface area contributed by atoms with Gasteiger partial charge in [-0.1, -0.05) is 20.8 Å². The van der Waals surface area contributed by atoms with Crippen LogP contribution in [0.25, 0.3) is 0 Å². The fourth-order valence-corrected chi connectivity index (χ4v) is 2.50. The minimum atomic E-state index is -0.371. The SMILES string of the molecule is CC=O.CCC(C)(C)C(=O)Nc1cc(CN2CCN(C)CC2)c(C)cn1. The van der Waals surface area contributed by atoms with Crippen molar-refractivity contribution in [3.8, 4) is 0 Å². The Morgan fingerprint density at radius 3 is 2.42 bits per heavy atom. The third-order valence-electron chi connectivity index (χ3n) is 4.94. The molecular weight excluding hydrogens is 328 g/mol. The summed E-state index contributed by atoms with van der Waals surface area (Å²) in [5.74, 6) is 0.688. The van der Waals surface area contributed by atoms with Crippen molar-refractivity contribution in [1.82, 2.24) is 14.8 Å². The number of hydrogen-bond acceptors (Lipinski definition) is 5. The molecule has 0 radical (unpaired) electrons. The van der Waals surface area contributed by atoms with E-state index in [1.165, 1.54) is 18.1 Å². The number of nitrogens with one attached hydrogen (secondary N) is 1. The molecule has 1 saturated heterocycles. The number of nitrogens with zero attached hydrogens (tertiary/aromatic N) is 3. The van der Waals surface area contributed by atoms with Crippen molar-refractivity contribution in [1.29, 1.82) is 0 Å². The van der Waals surface area contributed by atoms with Crippen LogP contribution in [0.15, 0.2) is 12.3 Å². The molecule has 146 valence electrons. The van der Waals surface area contributed by atoms with Crippen LogP contribution in [0.5, 0.6) is 0 Å². The molecule has 2 rings (SSSR count). The molecule has 1 aromatic heterocycles. The average molecular weight is 363 g/mol. The van der Waals surface area contributed by atoms with Crippen molar-refractivity contribution < 1.29 is 9.59 Å². The number of amides is 1. The van der Waals surface area contributed by atoms with Gasteiger partial charge in [-0.2, -0.15) is 0 Å². The fraction of sp³-hybridized carbons (Fsp3) is 0.650. The lowest BCUT2D eigenvalue weighted by Gasteiger charge is -2.32. The fourth-order valence-electron chi connectivity index (χ4n) is 2.50. The summed E-state index contributed by atoms with van der Waals surface area (Å²) in [6.07, 6.45) is 3.42. The second-order valence-corrected chi connectivity index (χ2v) is 7.50. The van der Waals surface area contributed by atoms with Crippen LogP contribution in [-0.4, -0.2) is 60.2 Å². The zero-order valence-corrected chi connectivity index (χ0v) is 17.1. The summed E-state index contributed by atoms with van der Waals surface area (Å²) in [6.45, 7) is 14.8. The summed E-state index contributed by atoms with van der Waals surface area (Å²) in [7, 11) is 2.16. The van der Waals surface area contributed by atoms with Crippen molar-refractivity contribution in [2.45, 2.75) is 47.6 Å². The van der Waals surface area contributed by atoms with E-state index >= 15 is 0 Å². The Bertz CT molecular complexity index is 593. The maximum Gasteiger partial charge on any atom is 0.231 e. The lowest BCUT2D eigenvalue weighted by atomic mass is 9.89. The molecule has 0 spiro atoms. The number of likely N-dealkylation sites (N-methyl/N-ethyl adjacent to an activating group) is 1. The standard InChI is InChI=1S/C18H30N4O.C2H4O/c1-6-18(3,4)17(23)20-16-11-15(14(2)12-19-16)13-22-9-7-21(5)8-10-22;1-2-3/h11-12H,6-10,13H2,1-5H3,(H,19,20,23);2H,1H3. The second-order valence-electron chi connectivity index (χ2n) is 7.50. The third-order valence-corrected chi connectivity index (χ3v) is 4.94. The molecule has 1 fully saturated rings. The van der Waals surface area contributed by atoms with Crippen LogP contribution >= 0.6 is 0 Å². The van der Waals surface area contributed by atoms with Crippen LogP contribution in [0.1, 0.15) is 45.2 Å². The molecule has 0 unspecified atom stereocenters. The minimum Gasteiger partial charge on any atom is -0.310 e. The van der Waals surface area contributed by atoms with E-state index in [0.29, 0.717) is 5.82 Å². The van der Waals surface area contributed by atoms with Crippen LogP contribution in [0.3, 0.4) is 0 Å².